The first-order valence-electron chi connectivity index (χ1n) is 10.3. The van der Waals surface area contributed by atoms with Crippen LogP contribution in [0.4, 0.5) is 22.0 Å². The van der Waals surface area contributed by atoms with Crippen LogP contribution in [0.2, 0.25) is 0 Å². The molecule has 2 aromatic carbocycles. The minimum Gasteiger partial charge on any atom is -0.477 e. The van der Waals surface area contributed by atoms with E-state index in [4.69, 9.17) is 0 Å². The predicted molar refractivity (Wildman–Crippen MR) is 107 cm³/mol. The maximum Gasteiger partial charge on any atom is 0.341 e. The number of allylic oxidation sites excluding steroid dienone is 1. The minimum atomic E-state index is -1.84. The van der Waals surface area contributed by atoms with Crippen molar-refractivity contribution >= 4 is 5.97 Å². The van der Waals surface area contributed by atoms with Crippen molar-refractivity contribution in [3.63, 3.8) is 0 Å². The molecule has 1 fully saturated rings. The summed E-state index contributed by atoms with van der Waals surface area (Å²) in [5.41, 5.74) is -1.82. The fourth-order valence-corrected chi connectivity index (χ4v) is 4.46. The third-order valence-corrected chi connectivity index (χ3v) is 6.04. The van der Waals surface area contributed by atoms with Crippen LogP contribution in [0.5, 0.6) is 0 Å². The van der Waals surface area contributed by atoms with E-state index in [1.807, 2.05) is 6.08 Å². The zero-order chi connectivity index (χ0) is 22.7. The van der Waals surface area contributed by atoms with Gasteiger partial charge in [-0.05, 0) is 79.7 Å². The number of benzene rings is 2. The van der Waals surface area contributed by atoms with E-state index in [9.17, 15) is 27.5 Å². The standard InChI is InChI=1S/C24H23F5O2/c1-2-3-4-5-13-6-8-14(9-7-13)16-12-17(25)21(24(30)31)23(29)20(16)15-10-18(26)22(28)19(27)11-15/h2,10-14H,1,3-9H2,(H,30,31). The molecule has 1 saturated carbocycles. The lowest BCUT2D eigenvalue weighted by Crippen LogP contribution is -2.16. The second-order valence-corrected chi connectivity index (χ2v) is 8.01. The second kappa shape index (κ2) is 9.62. The number of aromatic carboxylic acids is 1. The molecule has 1 aliphatic carbocycles. The van der Waals surface area contributed by atoms with Crippen LogP contribution in [0.25, 0.3) is 11.1 Å². The van der Waals surface area contributed by atoms with Crippen LogP contribution in [0.15, 0.2) is 30.9 Å². The van der Waals surface area contributed by atoms with Crippen LogP contribution in [-0.4, -0.2) is 11.1 Å². The molecular weight excluding hydrogens is 415 g/mol. The first-order chi connectivity index (χ1) is 14.7. The number of carboxylic acids is 1. The van der Waals surface area contributed by atoms with Crippen molar-refractivity contribution in [2.24, 2.45) is 5.92 Å². The normalized spacial score (nSPS) is 18.7. The Hall–Kier alpha value is -2.70. The van der Waals surface area contributed by atoms with Crippen LogP contribution >= 0.6 is 0 Å². The lowest BCUT2D eigenvalue weighted by Gasteiger charge is -2.30. The third kappa shape index (κ3) is 4.81. The molecule has 0 aliphatic heterocycles. The van der Waals surface area contributed by atoms with Crippen molar-refractivity contribution < 1.29 is 31.9 Å². The molecule has 7 heteroatoms. The summed E-state index contributed by atoms with van der Waals surface area (Å²) in [6, 6.07) is 2.14. The Balaban J connectivity index is 2.03. The maximum atomic E-state index is 15.2. The van der Waals surface area contributed by atoms with Gasteiger partial charge in [-0.2, -0.15) is 0 Å². The van der Waals surface area contributed by atoms with E-state index in [0.717, 1.165) is 38.2 Å². The zero-order valence-corrected chi connectivity index (χ0v) is 16.9. The third-order valence-electron chi connectivity index (χ3n) is 6.04. The molecule has 0 radical (unpaired) electrons. The molecule has 166 valence electrons. The highest BCUT2D eigenvalue weighted by atomic mass is 19.2. The van der Waals surface area contributed by atoms with Gasteiger partial charge in [0.05, 0.1) is 0 Å². The average Bonchev–Trinajstić information content (AvgIpc) is 2.71. The maximum absolute atomic E-state index is 15.2. The monoisotopic (exact) mass is 438 g/mol. The molecule has 0 spiro atoms. The Kier molecular flexibility index (Phi) is 7.13. The van der Waals surface area contributed by atoms with Crippen molar-refractivity contribution in [1.29, 1.82) is 0 Å². The van der Waals surface area contributed by atoms with Crippen LogP contribution < -0.4 is 0 Å². The molecule has 0 unspecified atom stereocenters. The van der Waals surface area contributed by atoms with Gasteiger partial charge in [0, 0.05) is 5.56 Å². The van der Waals surface area contributed by atoms with Crippen LogP contribution in [0.1, 0.15) is 66.8 Å². The fraction of sp³-hybridized carbons (Fsp3) is 0.375. The van der Waals surface area contributed by atoms with Crippen LogP contribution in [0.3, 0.4) is 0 Å². The summed E-state index contributed by atoms with van der Waals surface area (Å²) < 4.78 is 70.7. The first-order valence-corrected chi connectivity index (χ1v) is 10.3. The highest BCUT2D eigenvalue weighted by Crippen LogP contribution is 2.43. The number of hydrogen-bond donors (Lipinski definition) is 1. The van der Waals surface area contributed by atoms with Crippen molar-refractivity contribution in [1.82, 2.24) is 0 Å². The van der Waals surface area contributed by atoms with Gasteiger partial charge in [-0.25, -0.2) is 26.7 Å². The van der Waals surface area contributed by atoms with Gasteiger partial charge in [0.1, 0.15) is 17.2 Å². The van der Waals surface area contributed by atoms with E-state index in [-0.39, 0.29) is 17.0 Å². The first kappa shape index (κ1) is 23.0. The second-order valence-electron chi connectivity index (χ2n) is 8.01. The summed E-state index contributed by atoms with van der Waals surface area (Å²) in [4.78, 5) is 11.4. The Morgan fingerprint density at radius 2 is 1.58 bits per heavy atom. The van der Waals surface area contributed by atoms with Gasteiger partial charge in [-0.15, -0.1) is 6.58 Å². The van der Waals surface area contributed by atoms with Crippen molar-refractivity contribution in [2.75, 3.05) is 0 Å². The lowest BCUT2D eigenvalue weighted by molar-refractivity contribution is 0.0686. The predicted octanol–water partition coefficient (Wildman–Crippen LogP) is 7.38. The molecular formula is C24H23F5O2. The molecule has 0 heterocycles. The Morgan fingerprint density at radius 1 is 0.968 bits per heavy atom. The Labute approximate surface area is 177 Å². The highest BCUT2D eigenvalue weighted by molar-refractivity contribution is 5.91. The smallest absolute Gasteiger partial charge is 0.341 e. The largest absolute Gasteiger partial charge is 0.477 e. The van der Waals surface area contributed by atoms with Crippen molar-refractivity contribution in [2.45, 2.75) is 50.9 Å². The summed E-state index contributed by atoms with van der Waals surface area (Å²) in [7, 11) is 0. The molecule has 1 N–H and O–H groups in total. The number of carbonyl (C=O) groups is 1. The van der Waals surface area contributed by atoms with Gasteiger partial charge in [0.25, 0.3) is 0 Å². The summed E-state index contributed by atoms with van der Waals surface area (Å²) in [5.74, 6) is -9.13. The number of unbranched alkanes of at least 4 members (excludes halogenated alkanes) is 1. The molecule has 31 heavy (non-hydrogen) atoms. The van der Waals surface area contributed by atoms with Crippen LogP contribution in [-0.2, 0) is 0 Å². The molecule has 0 saturated heterocycles. The summed E-state index contributed by atoms with van der Waals surface area (Å²) in [5, 5.41) is 9.21. The molecule has 0 bridgehead atoms. The van der Waals surface area contributed by atoms with Gasteiger partial charge in [0.2, 0.25) is 0 Å². The lowest BCUT2D eigenvalue weighted by atomic mass is 9.75. The number of hydrogen-bond acceptors (Lipinski definition) is 1. The molecule has 0 aromatic heterocycles. The number of carboxylic acid groups (broad SMARTS) is 1. The molecule has 0 amide bonds. The van der Waals surface area contributed by atoms with E-state index < -0.39 is 46.2 Å². The molecule has 0 atom stereocenters. The molecule has 2 aromatic rings. The van der Waals surface area contributed by atoms with E-state index in [0.29, 0.717) is 30.9 Å². The molecule has 1 aliphatic rings. The van der Waals surface area contributed by atoms with Crippen LogP contribution in [0, 0.1) is 35.0 Å². The van der Waals surface area contributed by atoms with Crippen molar-refractivity contribution in [3.8, 4) is 11.1 Å². The minimum absolute atomic E-state index is 0.148. The molecule has 2 nitrogen and oxygen atoms in total. The van der Waals surface area contributed by atoms with E-state index in [2.05, 4.69) is 6.58 Å². The van der Waals surface area contributed by atoms with Crippen molar-refractivity contribution in [3.05, 3.63) is 71.1 Å². The quantitative estimate of drug-likeness (QED) is 0.212. The summed E-state index contributed by atoms with van der Waals surface area (Å²) >= 11 is 0. The van der Waals surface area contributed by atoms with E-state index in [1.165, 1.54) is 0 Å². The Bertz CT molecular complexity index is 971. The highest BCUT2D eigenvalue weighted by Gasteiger charge is 2.31. The SMILES string of the molecule is C=CCCCC1CCC(c2cc(F)c(C(=O)O)c(F)c2-c2cc(F)c(F)c(F)c2)CC1. The Morgan fingerprint density at radius 3 is 2.13 bits per heavy atom. The van der Waals surface area contributed by atoms with Gasteiger partial charge in [0.15, 0.2) is 17.5 Å². The molecule has 3 rings (SSSR count). The van der Waals surface area contributed by atoms with E-state index >= 15 is 4.39 Å². The number of rotatable bonds is 7. The van der Waals surface area contributed by atoms with Gasteiger partial charge < -0.3 is 5.11 Å². The topological polar surface area (TPSA) is 37.3 Å². The van der Waals surface area contributed by atoms with E-state index in [1.54, 1.807) is 0 Å². The zero-order valence-electron chi connectivity index (χ0n) is 16.9. The average molecular weight is 438 g/mol. The fourth-order valence-electron chi connectivity index (χ4n) is 4.46. The summed E-state index contributed by atoms with van der Waals surface area (Å²) in [6.45, 7) is 3.70. The van der Waals surface area contributed by atoms with Gasteiger partial charge in [-0.3, -0.25) is 0 Å². The number of halogens is 5. The van der Waals surface area contributed by atoms with Gasteiger partial charge >= 0.3 is 5.97 Å². The van der Waals surface area contributed by atoms with Gasteiger partial charge in [-0.1, -0.05) is 12.5 Å². The summed E-state index contributed by atoms with van der Waals surface area (Å²) in [6.07, 6.45) is 7.63.